The van der Waals surface area contributed by atoms with Crippen molar-refractivity contribution >= 4 is 5.82 Å². The third-order valence-electron chi connectivity index (χ3n) is 3.79. The molecule has 4 heteroatoms. The van der Waals surface area contributed by atoms with Gasteiger partial charge in [-0.25, -0.2) is 4.98 Å². The molecule has 3 heterocycles. The number of nitrogens with zero attached hydrogens (tertiary/aromatic N) is 2. The van der Waals surface area contributed by atoms with Crippen molar-refractivity contribution in [1.29, 1.82) is 0 Å². The number of methoxy groups -OCH3 is 1. The molecule has 0 spiro atoms. The fourth-order valence-electron chi connectivity index (χ4n) is 2.91. The Hall–Kier alpha value is -1.29. The molecule has 2 atom stereocenters. The molecule has 0 saturated carbocycles. The molecule has 2 aliphatic heterocycles. The average molecular weight is 233 g/mol. The normalized spacial score (nSPS) is 27.9. The second-order valence-electron chi connectivity index (χ2n) is 4.90. The topological polar surface area (TPSA) is 37.4 Å². The summed E-state index contributed by atoms with van der Waals surface area (Å²) >= 11 is 0. The number of pyridine rings is 1. The van der Waals surface area contributed by atoms with Gasteiger partial charge in [-0.15, -0.1) is 0 Å². The predicted molar refractivity (Wildman–Crippen MR) is 67.6 cm³/mol. The van der Waals surface area contributed by atoms with E-state index in [1.807, 2.05) is 18.3 Å². The lowest BCUT2D eigenvalue weighted by atomic mass is 10.1. The summed E-state index contributed by atoms with van der Waals surface area (Å²) in [7, 11) is 1.71. The monoisotopic (exact) mass is 233 g/mol. The van der Waals surface area contributed by atoms with Crippen LogP contribution in [0.4, 0.5) is 5.82 Å². The molecule has 0 radical (unpaired) electrons. The van der Waals surface area contributed by atoms with E-state index in [2.05, 4.69) is 15.2 Å². The van der Waals surface area contributed by atoms with Gasteiger partial charge in [0.05, 0.1) is 7.11 Å². The van der Waals surface area contributed by atoms with Gasteiger partial charge in [-0.1, -0.05) is 0 Å². The van der Waals surface area contributed by atoms with E-state index < -0.39 is 0 Å². The summed E-state index contributed by atoms with van der Waals surface area (Å²) in [6.45, 7) is 2.12. The van der Waals surface area contributed by atoms with E-state index >= 15 is 0 Å². The molecule has 3 rings (SSSR count). The van der Waals surface area contributed by atoms with Gasteiger partial charge in [-0.3, -0.25) is 0 Å². The molecule has 0 aliphatic carbocycles. The largest absolute Gasteiger partial charge is 0.493 e. The van der Waals surface area contributed by atoms with Crippen LogP contribution in [0.3, 0.4) is 0 Å². The van der Waals surface area contributed by atoms with Gasteiger partial charge in [0.25, 0.3) is 0 Å². The van der Waals surface area contributed by atoms with Gasteiger partial charge in [0.1, 0.15) is 0 Å². The number of anilines is 1. The molecule has 1 aromatic rings. The van der Waals surface area contributed by atoms with E-state index in [0.717, 1.165) is 24.7 Å². The molecule has 2 fully saturated rings. The standard InChI is InChI=1S/C13H19N3O/c1-17-12-3-2-7-14-13(12)16-8-6-10-4-5-11(9-16)15-10/h2-3,7,10-11,15H,4-6,8-9H2,1H3. The summed E-state index contributed by atoms with van der Waals surface area (Å²) in [4.78, 5) is 6.83. The molecular formula is C13H19N3O. The molecule has 92 valence electrons. The molecule has 1 aromatic heterocycles. The minimum atomic E-state index is 0.620. The summed E-state index contributed by atoms with van der Waals surface area (Å²) in [6, 6.07) is 5.23. The number of hydrogen-bond donors (Lipinski definition) is 1. The molecule has 17 heavy (non-hydrogen) atoms. The van der Waals surface area contributed by atoms with Crippen molar-refractivity contribution in [3.05, 3.63) is 18.3 Å². The molecule has 2 aliphatic rings. The van der Waals surface area contributed by atoms with Crippen molar-refractivity contribution in [2.45, 2.75) is 31.3 Å². The molecule has 0 amide bonds. The number of aromatic nitrogens is 1. The predicted octanol–water partition coefficient (Wildman–Crippen LogP) is 1.42. The summed E-state index contributed by atoms with van der Waals surface area (Å²) in [5.41, 5.74) is 0. The maximum Gasteiger partial charge on any atom is 0.171 e. The lowest BCUT2D eigenvalue weighted by Gasteiger charge is -2.26. The van der Waals surface area contributed by atoms with E-state index in [1.165, 1.54) is 19.3 Å². The smallest absolute Gasteiger partial charge is 0.171 e. The van der Waals surface area contributed by atoms with Gasteiger partial charge in [0.15, 0.2) is 11.6 Å². The molecule has 2 bridgehead atoms. The molecule has 2 unspecified atom stereocenters. The Morgan fingerprint density at radius 2 is 2.24 bits per heavy atom. The van der Waals surface area contributed by atoms with Crippen LogP contribution in [0.2, 0.25) is 0 Å². The Kier molecular flexibility index (Phi) is 2.89. The van der Waals surface area contributed by atoms with Crippen molar-refractivity contribution < 1.29 is 4.74 Å². The maximum absolute atomic E-state index is 5.39. The minimum Gasteiger partial charge on any atom is -0.493 e. The number of fused-ring (bicyclic) bond motifs is 2. The van der Waals surface area contributed by atoms with Crippen molar-refractivity contribution in [3.8, 4) is 5.75 Å². The fraction of sp³-hybridized carbons (Fsp3) is 0.615. The Bertz CT molecular complexity index is 396. The first-order valence-electron chi connectivity index (χ1n) is 6.37. The van der Waals surface area contributed by atoms with E-state index in [4.69, 9.17) is 4.74 Å². The first kappa shape index (κ1) is 10.8. The van der Waals surface area contributed by atoms with Crippen molar-refractivity contribution in [1.82, 2.24) is 10.3 Å². The van der Waals surface area contributed by atoms with Gasteiger partial charge in [-0.05, 0) is 31.4 Å². The molecule has 4 nitrogen and oxygen atoms in total. The first-order chi connectivity index (χ1) is 8.36. The summed E-state index contributed by atoms with van der Waals surface area (Å²) in [6.07, 6.45) is 5.67. The van der Waals surface area contributed by atoms with Crippen LogP contribution in [0, 0.1) is 0 Å². The van der Waals surface area contributed by atoms with Crippen LogP contribution in [0.5, 0.6) is 5.75 Å². The fourth-order valence-corrected chi connectivity index (χ4v) is 2.91. The Morgan fingerprint density at radius 1 is 1.35 bits per heavy atom. The number of hydrogen-bond acceptors (Lipinski definition) is 4. The van der Waals surface area contributed by atoms with Crippen LogP contribution in [0.15, 0.2) is 18.3 Å². The maximum atomic E-state index is 5.39. The minimum absolute atomic E-state index is 0.620. The van der Waals surface area contributed by atoms with Crippen LogP contribution in [0.1, 0.15) is 19.3 Å². The van der Waals surface area contributed by atoms with Gasteiger partial charge in [-0.2, -0.15) is 0 Å². The van der Waals surface area contributed by atoms with Gasteiger partial charge >= 0.3 is 0 Å². The first-order valence-corrected chi connectivity index (χ1v) is 6.37. The Labute approximate surface area is 102 Å². The summed E-state index contributed by atoms with van der Waals surface area (Å²) < 4.78 is 5.39. The average Bonchev–Trinajstić information content (AvgIpc) is 2.69. The summed E-state index contributed by atoms with van der Waals surface area (Å²) in [5, 5.41) is 3.68. The SMILES string of the molecule is COc1cccnc1N1CCC2CCC(C1)N2. The van der Waals surface area contributed by atoms with E-state index in [0.29, 0.717) is 12.1 Å². The zero-order chi connectivity index (χ0) is 11.7. The Balaban J connectivity index is 1.83. The number of rotatable bonds is 2. The van der Waals surface area contributed by atoms with Crippen LogP contribution in [-0.2, 0) is 0 Å². The lowest BCUT2D eigenvalue weighted by molar-refractivity contribution is 0.411. The third-order valence-corrected chi connectivity index (χ3v) is 3.79. The van der Waals surface area contributed by atoms with Crippen molar-refractivity contribution in [3.63, 3.8) is 0 Å². The van der Waals surface area contributed by atoms with Crippen molar-refractivity contribution in [2.75, 3.05) is 25.1 Å². The molecular weight excluding hydrogens is 214 g/mol. The second-order valence-corrected chi connectivity index (χ2v) is 4.90. The van der Waals surface area contributed by atoms with Crippen LogP contribution in [-0.4, -0.2) is 37.3 Å². The second kappa shape index (κ2) is 4.53. The molecule has 0 aromatic carbocycles. The number of nitrogens with one attached hydrogen (secondary N) is 1. The van der Waals surface area contributed by atoms with E-state index in [1.54, 1.807) is 7.11 Å². The van der Waals surface area contributed by atoms with Crippen LogP contribution in [0.25, 0.3) is 0 Å². The van der Waals surface area contributed by atoms with Crippen molar-refractivity contribution in [2.24, 2.45) is 0 Å². The van der Waals surface area contributed by atoms with E-state index in [-0.39, 0.29) is 0 Å². The van der Waals surface area contributed by atoms with E-state index in [9.17, 15) is 0 Å². The lowest BCUT2D eigenvalue weighted by Crippen LogP contribution is -2.35. The highest BCUT2D eigenvalue weighted by molar-refractivity contribution is 5.52. The quantitative estimate of drug-likeness (QED) is 0.838. The zero-order valence-electron chi connectivity index (χ0n) is 10.2. The number of ether oxygens (including phenoxy) is 1. The van der Waals surface area contributed by atoms with Gasteiger partial charge < -0.3 is 15.0 Å². The third kappa shape index (κ3) is 2.09. The summed E-state index contributed by atoms with van der Waals surface area (Å²) in [5.74, 6) is 1.87. The zero-order valence-corrected chi connectivity index (χ0v) is 10.2. The highest BCUT2D eigenvalue weighted by Gasteiger charge is 2.30. The van der Waals surface area contributed by atoms with Gasteiger partial charge in [0.2, 0.25) is 0 Å². The highest BCUT2D eigenvalue weighted by Crippen LogP contribution is 2.29. The highest BCUT2D eigenvalue weighted by atomic mass is 16.5. The van der Waals surface area contributed by atoms with Crippen LogP contribution >= 0.6 is 0 Å². The van der Waals surface area contributed by atoms with Crippen LogP contribution < -0.4 is 15.0 Å². The molecule has 2 saturated heterocycles. The molecule has 1 N–H and O–H groups in total. The Morgan fingerprint density at radius 3 is 3.12 bits per heavy atom. The van der Waals surface area contributed by atoms with Gasteiger partial charge in [0, 0.05) is 31.4 Å².